The van der Waals surface area contributed by atoms with Crippen molar-refractivity contribution >= 4 is 5.97 Å². The molecule has 1 saturated heterocycles. The lowest BCUT2D eigenvalue weighted by Crippen LogP contribution is -2.32. The molecule has 110 valence electrons. The summed E-state index contributed by atoms with van der Waals surface area (Å²) in [7, 11) is 0. The summed E-state index contributed by atoms with van der Waals surface area (Å²) in [5, 5.41) is 12.2. The van der Waals surface area contributed by atoms with Gasteiger partial charge in [-0.25, -0.2) is 4.79 Å². The molecule has 1 aromatic carbocycles. The summed E-state index contributed by atoms with van der Waals surface area (Å²) >= 11 is 0. The van der Waals surface area contributed by atoms with E-state index in [9.17, 15) is 4.79 Å². The fourth-order valence-electron chi connectivity index (χ4n) is 2.33. The second kappa shape index (κ2) is 7.87. The Balaban J connectivity index is 1.58. The molecule has 0 amide bonds. The highest BCUT2D eigenvalue weighted by Crippen LogP contribution is 2.12. The lowest BCUT2D eigenvalue weighted by Gasteiger charge is -2.14. The maximum atomic E-state index is 10.8. The highest BCUT2D eigenvalue weighted by atomic mass is 16.5. The van der Waals surface area contributed by atoms with Gasteiger partial charge in [0.1, 0.15) is 12.4 Å². The van der Waals surface area contributed by atoms with Gasteiger partial charge in [0, 0.05) is 19.6 Å². The zero-order valence-corrected chi connectivity index (χ0v) is 11.7. The average molecular weight is 278 g/mol. The molecule has 0 atom stereocenters. The standard InChI is InChI=1S/C15H22N2O3/c18-15(19)13-4-3-5-14(12-13)20-11-7-16-6-10-17-8-1-2-9-17/h3-5,12,16H,1-2,6-11H2,(H,18,19). The summed E-state index contributed by atoms with van der Waals surface area (Å²) in [6.07, 6.45) is 2.64. The highest BCUT2D eigenvalue weighted by Gasteiger charge is 2.09. The van der Waals surface area contributed by atoms with Gasteiger partial charge in [-0.1, -0.05) is 6.07 Å². The molecule has 5 nitrogen and oxygen atoms in total. The number of carbonyl (C=O) groups is 1. The van der Waals surface area contributed by atoms with Crippen LogP contribution in [-0.2, 0) is 0 Å². The summed E-state index contributed by atoms with van der Waals surface area (Å²) in [5.41, 5.74) is 0.254. The van der Waals surface area contributed by atoms with E-state index in [1.165, 1.54) is 25.9 Å². The van der Waals surface area contributed by atoms with Gasteiger partial charge in [0.05, 0.1) is 5.56 Å². The van der Waals surface area contributed by atoms with Crippen molar-refractivity contribution < 1.29 is 14.6 Å². The first-order valence-corrected chi connectivity index (χ1v) is 7.15. The number of carboxylic acid groups (broad SMARTS) is 1. The summed E-state index contributed by atoms with van der Waals surface area (Å²) in [4.78, 5) is 13.3. The van der Waals surface area contributed by atoms with Crippen LogP contribution in [0, 0.1) is 0 Å². The van der Waals surface area contributed by atoms with Gasteiger partial charge in [0.15, 0.2) is 0 Å². The predicted octanol–water partition coefficient (Wildman–Crippen LogP) is 1.45. The Morgan fingerprint density at radius 2 is 2.10 bits per heavy atom. The lowest BCUT2D eigenvalue weighted by atomic mass is 10.2. The Kier molecular flexibility index (Phi) is 5.83. The monoisotopic (exact) mass is 278 g/mol. The van der Waals surface area contributed by atoms with Crippen molar-refractivity contribution in [2.45, 2.75) is 12.8 Å². The Morgan fingerprint density at radius 3 is 2.85 bits per heavy atom. The van der Waals surface area contributed by atoms with E-state index in [1.54, 1.807) is 24.3 Å². The third kappa shape index (κ3) is 4.83. The molecule has 1 fully saturated rings. The Bertz CT molecular complexity index is 431. The Morgan fingerprint density at radius 1 is 1.30 bits per heavy atom. The minimum absolute atomic E-state index is 0.254. The topological polar surface area (TPSA) is 61.8 Å². The van der Waals surface area contributed by atoms with Crippen molar-refractivity contribution in [1.29, 1.82) is 0 Å². The van der Waals surface area contributed by atoms with Crippen LogP contribution in [0.25, 0.3) is 0 Å². The molecule has 2 N–H and O–H groups in total. The second-order valence-electron chi connectivity index (χ2n) is 4.98. The highest BCUT2D eigenvalue weighted by molar-refractivity contribution is 5.87. The van der Waals surface area contributed by atoms with Crippen LogP contribution < -0.4 is 10.1 Å². The zero-order valence-electron chi connectivity index (χ0n) is 11.7. The number of nitrogens with zero attached hydrogens (tertiary/aromatic N) is 1. The third-order valence-corrected chi connectivity index (χ3v) is 3.43. The first-order chi connectivity index (χ1) is 9.75. The van der Waals surface area contributed by atoms with Crippen molar-refractivity contribution in [3.05, 3.63) is 29.8 Å². The quantitative estimate of drug-likeness (QED) is 0.705. The molecule has 0 radical (unpaired) electrons. The van der Waals surface area contributed by atoms with Crippen molar-refractivity contribution in [1.82, 2.24) is 10.2 Å². The molecule has 0 spiro atoms. The van der Waals surface area contributed by atoms with Crippen LogP contribution in [0.5, 0.6) is 5.75 Å². The largest absolute Gasteiger partial charge is 0.492 e. The molecular weight excluding hydrogens is 256 g/mol. The molecule has 1 aliphatic rings. The van der Waals surface area contributed by atoms with Gasteiger partial charge < -0.3 is 20.1 Å². The molecule has 0 unspecified atom stereocenters. The number of aromatic carboxylic acids is 1. The van der Waals surface area contributed by atoms with Crippen molar-refractivity contribution in [3.8, 4) is 5.75 Å². The number of hydrogen-bond donors (Lipinski definition) is 2. The average Bonchev–Trinajstić information content (AvgIpc) is 2.96. The minimum Gasteiger partial charge on any atom is -0.492 e. The summed E-state index contributed by atoms with van der Waals surface area (Å²) < 4.78 is 5.53. The van der Waals surface area contributed by atoms with Crippen LogP contribution in [0.4, 0.5) is 0 Å². The Hall–Kier alpha value is -1.59. The van der Waals surface area contributed by atoms with E-state index in [1.807, 2.05) is 0 Å². The number of carboxylic acids is 1. The van der Waals surface area contributed by atoms with E-state index in [4.69, 9.17) is 9.84 Å². The van der Waals surface area contributed by atoms with E-state index in [0.29, 0.717) is 12.4 Å². The maximum absolute atomic E-state index is 10.8. The summed E-state index contributed by atoms with van der Waals surface area (Å²) in [5.74, 6) is -0.328. The molecule has 0 saturated carbocycles. The fourth-order valence-corrected chi connectivity index (χ4v) is 2.33. The van der Waals surface area contributed by atoms with Crippen LogP contribution in [0.3, 0.4) is 0 Å². The maximum Gasteiger partial charge on any atom is 0.335 e. The number of benzene rings is 1. The van der Waals surface area contributed by atoms with Crippen LogP contribution in [0.1, 0.15) is 23.2 Å². The predicted molar refractivity (Wildman–Crippen MR) is 77.4 cm³/mol. The number of hydrogen-bond acceptors (Lipinski definition) is 4. The molecule has 5 heteroatoms. The normalized spacial score (nSPS) is 15.4. The van der Waals surface area contributed by atoms with Crippen LogP contribution in [0.15, 0.2) is 24.3 Å². The number of ether oxygens (including phenoxy) is 1. The second-order valence-corrected chi connectivity index (χ2v) is 4.98. The summed E-state index contributed by atoms with van der Waals surface area (Å²) in [6, 6.07) is 6.58. The van der Waals surface area contributed by atoms with Gasteiger partial charge in [0.25, 0.3) is 0 Å². The van der Waals surface area contributed by atoms with Crippen LogP contribution in [-0.4, -0.2) is 55.3 Å². The third-order valence-electron chi connectivity index (χ3n) is 3.43. The molecule has 0 aliphatic carbocycles. The Labute approximate surface area is 119 Å². The molecule has 1 aliphatic heterocycles. The van der Waals surface area contributed by atoms with Gasteiger partial charge in [-0.3, -0.25) is 0 Å². The molecule has 2 rings (SSSR count). The van der Waals surface area contributed by atoms with Gasteiger partial charge in [-0.2, -0.15) is 0 Å². The van der Waals surface area contributed by atoms with Crippen molar-refractivity contribution in [2.75, 3.05) is 39.3 Å². The summed E-state index contributed by atoms with van der Waals surface area (Å²) in [6.45, 7) is 5.82. The molecule has 0 aromatic heterocycles. The van der Waals surface area contributed by atoms with Crippen LogP contribution in [0.2, 0.25) is 0 Å². The number of rotatable bonds is 8. The zero-order chi connectivity index (χ0) is 14.2. The minimum atomic E-state index is -0.931. The van der Waals surface area contributed by atoms with E-state index in [0.717, 1.165) is 19.6 Å². The molecule has 0 bridgehead atoms. The first-order valence-electron chi connectivity index (χ1n) is 7.15. The van der Waals surface area contributed by atoms with E-state index < -0.39 is 5.97 Å². The van der Waals surface area contributed by atoms with Crippen LogP contribution >= 0.6 is 0 Å². The smallest absolute Gasteiger partial charge is 0.335 e. The van der Waals surface area contributed by atoms with Crippen molar-refractivity contribution in [2.24, 2.45) is 0 Å². The van der Waals surface area contributed by atoms with Gasteiger partial charge >= 0.3 is 5.97 Å². The first kappa shape index (κ1) is 14.8. The van der Waals surface area contributed by atoms with Crippen molar-refractivity contribution in [3.63, 3.8) is 0 Å². The van der Waals surface area contributed by atoms with Gasteiger partial charge in [-0.15, -0.1) is 0 Å². The molecule has 20 heavy (non-hydrogen) atoms. The molecule has 1 aromatic rings. The number of likely N-dealkylation sites (tertiary alicyclic amines) is 1. The number of nitrogens with one attached hydrogen (secondary N) is 1. The lowest BCUT2D eigenvalue weighted by molar-refractivity contribution is 0.0696. The van der Waals surface area contributed by atoms with E-state index in [2.05, 4.69) is 10.2 Å². The van der Waals surface area contributed by atoms with E-state index >= 15 is 0 Å². The molecular formula is C15H22N2O3. The fraction of sp³-hybridized carbons (Fsp3) is 0.533. The van der Waals surface area contributed by atoms with Gasteiger partial charge in [-0.05, 0) is 44.1 Å². The van der Waals surface area contributed by atoms with E-state index in [-0.39, 0.29) is 5.56 Å². The molecule has 1 heterocycles. The van der Waals surface area contributed by atoms with Gasteiger partial charge in [0.2, 0.25) is 0 Å². The SMILES string of the molecule is O=C(O)c1cccc(OCCNCCN2CCCC2)c1.